The van der Waals surface area contributed by atoms with E-state index < -0.39 is 5.54 Å². The summed E-state index contributed by atoms with van der Waals surface area (Å²) in [6.45, 7) is 8.08. The Balaban J connectivity index is 1.61. The first-order chi connectivity index (χ1) is 17.2. The molecule has 10 heteroatoms. The maximum absolute atomic E-state index is 9.73. The molecular formula is C26H26ClN7O2. The van der Waals surface area contributed by atoms with Crippen LogP contribution in [0.5, 0.6) is 0 Å². The molecule has 5 rings (SSSR count). The summed E-state index contributed by atoms with van der Waals surface area (Å²) >= 11 is 6.13. The van der Waals surface area contributed by atoms with Crippen molar-refractivity contribution >= 4 is 28.3 Å². The lowest BCUT2D eigenvalue weighted by Crippen LogP contribution is -2.30. The number of nitrogens with one attached hydrogen (secondary N) is 1. The first-order valence-corrected chi connectivity index (χ1v) is 11.9. The van der Waals surface area contributed by atoms with Crippen LogP contribution in [0.15, 0.2) is 53.6 Å². The largest absolute Gasteiger partial charge is 0.394 e. The van der Waals surface area contributed by atoms with Crippen LogP contribution in [0.3, 0.4) is 0 Å². The molecule has 5 aromatic rings. The quantitative estimate of drug-likeness (QED) is 0.313. The number of fused-ring (bicyclic) bond motifs is 1. The third-order valence-corrected chi connectivity index (χ3v) is 6.29. The first-order valence-electron chi connectivity index (χ1n) is 11.5. The Morgan fingerprint density at radius 1 is 1.08 bits per heavy atom. The van der Waals surface area contributed by atoms with E-state index in [1.807, 2.05) is 58.2 Å². The number of hydrogen-bond donors (Lipinski definition) is 2. The molecule has 36 heavy (non-hydrogen) atoms. The van der Waals surface area contributed by atoms with Crippen LogP contribution in [0.1, 0.15) is 30.9 Å². The van der Waals surface area contributed by atoms with Crippen LogP contribution in [0, 0.1) is 13.8 Å². The molecule has 0 aliphatic carbocycles. The Kier molecular flexibility index (Phi) is 6.19. The molecule has 0 aliphatic heterocycles. The van der Waals surface area contributed by atoms with Gasteiger partial charge in [-0.2, -0.15) is 5.10 Å². The normalized spacial score (nSPS) is 11.8. The molecular weight excluding hydrogens is 478 g/mol. The van der Waals surface area contributed by atoms with E-state index in [1.54, 1.807) is 23.3 Å². The number of aromatic nitrogens is 6. The second-order valence-corrected chi connectivity index (χ2v) is 9.77. The van der Waals surface area contributed by atoms with Gasteiger partial charge >= 0.3 is 0 Å². The average Bonchev–Trinajstić information content (AvgIpc) is 3.49. The molecule has 0 fully saturated rings. The SMILES string of the molecule is Cc1noc(C)c1-c1ccc2nc(-c3cnn(C(C)(C)CO)c3)nc(NCc3cncc(Cl)c3)c2c1. The molecule has 0 unspecified atom stereocenters. The van der Waals surface area contributed by atoms with Gasteiger partial charge in [0.15, 0.2) is 5.82 Å². The molecule has 0 saturated carbocycles. The maximum atomic E-state index is 9.73. The van der Waals surface area contributed by atoms with Crippen molar-refractivity contribution in [2.45, 2.75) is 39.8 Å². The molecule has 0 amide bonds. The van der Waals surface area contributed by atoms with Gasteiger partial charge in [-0.25, -0.2) is 9.97 Å². The summed E-state index contributed by atoms with van der Waals surface area (Å²) in [5, 5.41) is 23.1. The van der Waals surface area contributed by atoms with Crippen molar-refractivity contribution in [3.8, 4) is 22.5 Å². The van der Waals surface area contributed by atoms with Crippen LogP contribution in [-0.2, 0) is 12.1 Å². The third kappa shape index (κ3) is 4.55. The summed E-state index contributed by atoms with van der Waals surface area (Å²) in [7, 11) is 0. The number of rotatable bonds is 7. The predicted molar refractivity (Wildman–Crippen MR) is 139 cm³/mol. The minimum Gasteiger partial charge on any atom is -0.394 e. The summed E-state index contributed by atoms with van der Waals surface area (Å²) in [6.07, 6.45) is 6.92. The van der Waals surface area contributed by atoms with Crippen molar-refractivity contribution in [2.24, 2.45) is 0 Å². The molecule has 0 aliphatic rings. The van der Waals surface area contributed by atoms with Crippen LogP contribution in [0.2, 0.25) is 5.02 Å². The Morgan fingerprint density at radius 2 is 1.92 bits per heavy atom. The maximum Gasteiger partial charge on any atom is 0.165 e. The number of pyridine rings is 1. The van der Waals surface area contributed by atoms with Gasteiger partial charge in [0.1, 0.15) is 11.6 Å². The Hall–Kier alpha value is -3.82. The molecule has 184 valence electrons. The lowest BCUT2D eigenvalue weighted by Gasteiger charge is -2.22. The highest BCUT2D eigenvalue weighted by Gasteiger charge is 2.21. The molecule has 0 atom stereocenters. The number of benzene rings is 1. The highest BCUT2D eigenvalue weighted by Crippen LogP contribution is 2.33. The molecule has 0 radical (unpaired) electrons. The zero-order valence-corrected chi connectivity index (χ0v) is 21.2. The van der Waals surface area contributed by atoms with Gasteiger partial charge in [-0.05, 0) is 57.0 Å². The molecule has 4 heterocycles. The fourth-order valence-electron chi connectivity index (χ4n) is 4.02. The molecule has 4 aromatic heterocycles. The lowest BCUT2D eigenvalue weighted by atomic mass is 10.0. The van der Waals surface area contributed by atoms with Crippen molar-refractivity contribution < 1.29 is 9.63 Å². The van der Waals surface area contributed by atoms with E-state index in [1.165, 1.54) is 0 Å². The van der Waals surface area contributed by atoms with E-state index in [4.69, 9.17) is 26.1 Å². The summed E-state index contributed by atoms with van der Waals surface area (Å²) in [5.41, 5.74) is 4.66. The van der Waals surface area contributed by atoms with Crippen LogP contribution >= 0.6 is 11.6 Å². The second kappa shape index (κ2) is 9.33. The van der Waals surface area contributed by atoms with Gasteiger partial charge in [-0.3, -0.25) is 9.67 Å². The highest BCUT2D eigenvalue weighted by atomic mass is 35.5. The van der Waals surface area contributed by atoms with Crippen molar-refractivity contribution in [3.63, 3.8) is 0 Å². The number of halogens is 1. The molecule has 9 nitrogen and oxygen atoms in total. The van der Waals surface area contributed by atoms with Gasteiger partial charge in [-0.15, -0.1) is 0 Å². The lowest BCUT2D eigenvalue weighted by molar-refractivity contribution is 0.152. The number of nitrogens with zero attached hydrogens (tertiary/aromatic N) is 6. The summed E-state index contributed by atoms with van der Waals surface area (Å²) in [5.74, 6) is 1.94. The fraction of sp³-hybridized carbons (Fsp3) is 0.269. The number of aliphatic hydroxyl groups excluding tert-OH is 1. The van der Waals surface area contributed by atoms with Gasteiger partial charge < -0.3 is 14.9 Å². The summed E-state index contributed by atoms with van der Waals surface area (Å²) in [6, 6.07) is 7.88. The smallest absolute Gasteiger partial charge is 0.165 e. The standard InChI is InChI=1S/C26H26ClN7O2/c1-15-23(16(2)36-33-15)18-5-6-22-21(8-18)25(29-10-17-7-20(27)12-28-9-17)32-24(31-22)19-11-30-34(13-19)26(3,4)14-35/h5-9,11-13,35H,10,14H2,1-4H3,(H,29,31,32). The van der Waals surface area contributed by atoms with E-state index >= 15 is 0 Å². The molecule has 2 N–H and O–H groups in total. The van der Waals surface area contributed by atoms with E-state index in [2.05, 4.69) is 20.6 Å². The third-order valence-electron chi connectivity index (χ3n) is 6.09. The van der Waals surface area contributed by atoms with Crippen molar-refractivity contribution in [1.82, 2.24) is 29.9 Å². The van der Waals surface area contributed by atoms with Crippen molar-refractivity contribution in [2.75, 3.05) is 11.9 Å². The molecule has 0 saturated heterocycles. The number of hydrogen-bond acceptors (Lipinski definition) is 8. The fourth-order valence-corrected chi connectivity index (χ4v) is 4.22. The van der Waals surface area contributed by atoms with Crippen LogP contribution in [0.25, 0.3) is 33.4 Å². The van der Waals surface area contributed by atoms with Gasteiger partial charge in [0.25, 0.3) is 0 Å². The van der Waals surface area contributed by atoms with E-state index in [-0.39, 0.29) is 6.61 Å². The average molecular weight is 504 g/mol. The zero-order chi connectivity index (χ0) is 25.4. The van der Waals surface area contributed by atoms with Gasteiger partial charge in [0.2, 0.25) is 0 Å². The van der Waals surface area contributed by atoms with Crippen molar-refractivity contribution in [1.29, 1.82) is 0 Å². The van der Waals surface area contributed by atoms with Gasteiger partial charge in [-0.1, -0.05) is 22.8 Å². The van der Waals surface area contributed by atoms with Crippen LogP contribution < -0.4 is 5.32 Å². The number of aryl methyl sites for hydroxylation is 2. The van der Waals surface area contributed by atoms with Crippen LogP contribution in [-0.4, -0.2) is 41.6 Å². The van der Waals surface area contributed by atoms with Gasteiger partial charge in [0, 0.05) is 36.1 Å². The minimum absolute atomic E-state index is 0.0440. The number of anilines is 1. The second-order valence-electron chi connectivity index (χ2n) is 9.34. The first kappa shape index (κ1) is 23.9. The Bertz CT molecular complexity index is 1540. The monoisotopic (exact) mass is 503 g/mol. The minimum atomic E-state index is -0.543. The Morgan fingerprint density at radius 3 is 2.64 bits per heavy atom. The van der Waals surface area contributed by atoms with Crippen LogP contribution in [0.4, 0.5) is 5.82 Å². The van der Waals surface area contributed by atoms with E-state index in [0.29, 0.717) is 23.2 Å². The predicted octanol–water partition coefficient (Wildman–Crippen LogP) is 5.15. The zero-order valence-electron chi connectivity index (χ0n) is 20.4. The number of aliphatic hydroxyl groups is 1. The summed E-state index contributed by atoms with van der Waals surface area (Å²) < 4.78 is 7.10. The Labute approximate surface area is 213 Å². The molecule has 0 bridgehead atoms. The van der Waals surface area contributed by atoms with Crippen molar-refractivity contribution in [3.05, 3.63) is 71.1 Å². The highest BCUT2D eigenvalue weighted by molar-refractivity contribution is 6.30. The topological polar surface area (TPSA) is 115 Å². The van der Waals surface area contributed by atoms with E-state index in [0.717, 1.165) is 44.6 Å². The van der Waals surface area contributed by atoms with Gasteiger partial charge in [0.05, 0.1) is 40.1 Å². The molecule has 0 spiro atoms. The molecule has 1 aromatic carbocycles. The van der Waals surface area contributed by atoms with E-state index in [9.17, 15) is 5.11 Å². The summed E-state index contributed by atoms with van der Waals surface area (Å²) in [4.78, 5) is 13.9.